The molecule has 1 aromatic heterocycles. The third kappa shape index (κ3) is 8.11. The van der Waals surface area contributed by atoms with Gasteiger partial charge in [-0.05, 0) is 6.42 Å². The number of thiocarbonyl (C=S) groups is 1. The summed E-state index contributed by atoms with van der Waals surface area (Å²) in [5, 5.41) is 0. The third-order valence-electron chi connectivity index (χ3n) is 2.80. The van der Waals surface area contributed by atoms with Crippen LogP contribution in [0.1, 0.15) is 25.6 Å². The van der Waals surface area contributed by atoms with E-state index >= 15 is 0 Å². The Hall–Kier alpha value is -1.02. The summed E-state index contributed by atoms with van der Waals surface area (Å²) in [4.78, 5) is 4.39. The van der Waals surface area contributed by atoms with Gasteiger partial charge in [-0.2, -0.15) is 0 Å². The van der Waals surface area contributed by atoms with E-state index in [0.29, 0.717) is 50.4 Å². The van der Waals surface area contributed by atoms with Gasteiger partial charge in [-0.25, -0.2) is 4.98 Å². The highest BCUT2D eigenvalue weighted by molar-refractivity contribution is 7.80. The first kappa shape index (κ1) is 18.0. The van der Waals surface area contributed by atoms with Crippen molar-refractivity contribution in [1.29, 1.82) is 0 Å². The van der Waals surface area contributed by atoms with E-state index in [2.05, 4.69) is 11.9 Å². The molecule has 0 bridgehead atoms. The minimum atomic E-state index is 0.298. The molecule has 0 radical (unpaired) electrons. The maximum atomic E-state index is 5.56. The molecule has 7 heteroatoms. The van der Waals surface area contributed by atoms with E-state index in [1.807, 2.05) is 10.8 Å². The van der Waals surface area contributed by atoms with Gasteiger partial charge in [0.2, 0.25) is 0 Å². The molecule has 1 rings (SSSR count). The molecule has 0 aliphatic rings. The van der Waals surface area contributed by atoms with Gasteiger partial charge in [0.05, 0.1) is 33.0 Å². The molecule has 0 aliphatic carbocycles. The van der Waals surface area contributed by atoms with Gasteiger partial charge < -0.3 is 24.5 Å². The topological polar surface area (TPSA) is 71.5 Å². The Kier molecular flexibility index (Phi) is 9.98. The minimum absolute atomic E-state index is 0.298. The number of hydrogen-bond acceptors (Lipinski definition) is 5. The highest BCUT2D eigenvalue weighted by Crippen LogP contribution is 1.97. The van der Waals surface area contributed by atoms with E-state index in [4.69, 9.17) is 32.2 Å². The van der Waals surface area contributed by atoms with Crippen molar-refractivity contribution >= 4 is 17.2 Å². The second kappa shape index (κ2) is 11.6. The van der Waals surface area contributed by atoms with E-state index in [1.165, 1.54) is 0 Å². The SMILES string of the molecule is CCCCOCCOCCOCCn1ccnc1C(N)=S. The van der Waals surface area contributed by atoms with Crippen molar-refractivity contribution in [1.82, 2.24) is 9.55 Å². The molecule has 2 N–H and O–H groups in total. The largest absolute Gasteiger partial charge is 0.387 e. The smallest absolute Gasteiger partial charge is 0.167 e. The molecule has 0 unspecified atom stereocenters. The van der Waals surface area contributed by atoms with E-state index in [0.717, 1.165) is 19.4 Å². The molecule has 0 amide bonds. The summed E-state index contributed by atoms with van der Waals surface area (Å²) in [6.07, 6.45) is 5.77. The molecule has 0 atom stereocenters. The van der Waals surface area contributed by atoms with Gasteiger partial charge in [0.15, 0.2) is 5.82 Å². The summed E-state index contributed by atoms with van der Waals surface area (Å²) in [6, 6.07) is 0. The fourth-order valence-corrected chi connectivity index (χ4v) is 1.84. The van der Waals surface area contributed by atoms with E-state index < -0.39 is 0 Å². The van der Waals surface area contributed by atoms with E-state index in [1.54, 1.807) is 6.20 Å². The van der Waals surface area contributed by atoms with Crippen LogP contribution in [0.4, 0.5) is 0 Å². The number of nitrogens with zero attached hydrogens (tertiary/aromatic N) is 2. The summed E-state index contributed by atoms with van der Waals surface area (Å²) in [7, 11) is 0. The number of unbranched alkanes of at least 4 members (excludes halogenated alkanes) is 1. The van der Waals surface area contributed by atoms with Crippen LogP contribution in [0.2, 0.25) is 0 Å². The van der Waals surface area contributed by atoms with Gasteiger partial charge in [-0.15, -0.1) is 0 Å². The van der Waals surface area contributed by atoms with Crippen molar-refractivity contribution in [2.24, 2.45) is 5.73 Å². The van der Waals surface area contributed by atoms with E-state index in [9.17, 15) is 0 Å². The summed E-state index contributed by atoms with van der Waals surface area (Å²) >= 11 is 4.91. The molecule has 1 heterocycles. The van der Waals surface area contributed by atoms with Crippen LogP contribution in [-0.4, -0.2) is 54.2 Å². The minimum Gasteiger partial charge on any atom is -0.387 e. The average Bonchev–Trinajstić information content (AvgIpc) is 2.93. The fourth-order valence-electron chi connectivity index (χ4n) is 1.67. The maximum absolute atomic E-state index is 5.56. The molecule has 0 saturated carbocycles. The zero-order valence-electron chi connectivity index (χ0n) is 12.6. The normalized spacial score (nSPS) is 10.9. The molecule has 0 saturated heterocycles. The quantitative estimate of drug-likeness (QED) is 0.438. The Morgan fingerprint density at radius 1 is 1.14 bits per heavy atom. The Balaban J connectivity index is 1.93. The molecule has 0 aromatic carbocycles. The Bertz CT molecular complexity index is 399. The molecule has 0 aliphatic heterocycles. The van der Waals surface area contributed by atoms with Crippen molar-refractivity contribution in [3.63, 3.8) is 0 Å². The van der Waals surface area contributed by atoms with Crippen LogP contribution in [0.15, 0.2) is 12.4 Å². The van der Waals surface area contributed by atoms with Crippen molar-refractivity contribution in [2.75, 3.05) is 39.6 Å². The van der Waals surface area contributed by atoms with Gasteiger partial charge >= 0.3 is 0 Å². The number of ether oxygens (including phenoxy) is 3. The van der Waals surface area contributed by atoms with Crippen LogP contribution >= 0.6 is 12.2 Å². The average molecular weight is 315 g/mol. The number of imidazole rings is 1. The maximum Gasteiger partial charge on any atom is 0.167 e. The lowest BCUT2D eigenvalue weighted by atomic mass is 10.4. The van der Waals surface area contributed by atoms with Crippen LogP contribution in [-0.2, 0) is 20.8 Å². The summed E-state index contributed by atoms with van der Waals surface area (Å²) in [5.41, 5.74) is 5.56. The van der Waals surface area contributed by atoms with Gasteiger partial charge in [0, 0.05) is 25.5 Å². The molecular formula is C14H25N3O3S. The Labute approximate surface area is 131 Å². The molecule has 6 nitrogen and oxygen atoms in total. The first-order valence-electron chi connectivity index (χ1n) is 7.30. The summed E-state index contributed by atoms with van der Waals surface area (Å²) in [5.74, 6) is 0.620. The number of aromatic nitrogens is 2. The number of nitrogens with two attached hydrogens (primary N) is 1. The van der Waals surface area contributed by atoms with Gasteiger partial charge in [-0.1, -0.05) is 25.6 Å². The summed E-state index contributed by atoms with van der Waals surface area (Å²) < 4.78 is 18.2. The van der Waals surface area contributed by atoms with Crippen molar-refractivity contribution in [2.45, 2.75) is 26.3 Å². The Morgan fingerprint density at radius 2 is 1.76 bits per heavy atom. The van der Waals surface area contributed by atoms with E-state index in [-0.39, 0.29) is 0 Å². The first-order chi connectivity index (χ1) is 10.3. The lowest BCUT2D eigenvalue weighted by molar-refractivity contribution is 0.0127. The first-order valence-corrected chi connectivity index (χ1v) is 7.70. The molecule has 0 fully saturated rings. The van der Waals surface area contributed by atoms with Crippen molar-refractivity contribution < 1.29 is 14.2 Å². The molecule has 0 spiro atoms. The monoisotopic (exact) mass is 315 g/mol. The number of hydrogen-bond donors (Lipinski definition) is 1. The van der Waals surface area contributed by atoms with Crippen LogP contribution in [0.3, 0.4) is 0 Å². The van der Waals surface area contributed by atoms with Crippen molar-refractivity contribution in [3.05, 3.63) is 18.2 Å². The second-order valence-electron chi connectivity index (χ2n) is 4.50. The lowest BCUT2D eigenvalue weighted by Crippen LogP contribution is -2.19. The molecule has 120 valence electrons. The van der Waals surface area contributed by atoms with Gasteiger partial charge in [0.1, 0.15) is 4.99 Å². The van der Waals surface area contributed by atoms with Crippen LogP contribution < -0.4 is 5.73 Å². The molecule has 1 aromatic rings. The predicted octanol–water partition coefficient (Wildman–Crippen LogP) is 1.37. The predicted molar refractivity (Wildman–Crippen MR) is 85.5 cm³/mol. The van der Waals surface area contributed by atoms with Crippen LogP contribution in [0, 0.1) is 0 Å². The zero-order chi connectivity index (χ0) is 15.3. The third-order valence-corrected chi connectivity index (χ3v) is 2.98. The highest BCUT2D eigenvalue weighted by atomic mass is 32.1. The summed E-state index contributed by atoms with van der Waals surface area (Å²) in [6.45, 7) is 6.59. The number of rotatable bonds is 13. The van der Waals surface area contributed by atoms with Crippen LogP contribution in [0.5, 0.6) is 0 Å². The molecular weight excluding hydrogens is 290 g/mol. The van der Waals surface area contributed by atoms with Gasteiger partial charge in [-0.3, -0.25) is 0 Å². The van der Waals surface area contributed by atoms with Crippen molar-refractivity contribution in [3.8, 4) is 0 Å². The lowest BCUT2D eigenvalue weighted by Gasteiger charge is -2.08. The zero-order valence-corrected chi connectivity index (χ0v) is 13.4. The molecule has 21 heavy (non-hydrogen) atoms. The van der Waals surface area contributed by atoms with Gasteiger partial charge in [0.25, 0.3) is 0 Å². The highest BCUT2D eigenvalue weighted by Gasteiger charge is 2.04. The second-order valence-corrected chi connectivity index (χ2v) is 4.94. The van der Waals surface area contributed by atoms with Crippen LogP contribution in [0.25, 0.3) is 0 Å². The Morgan fingerprint density at radius 3 is 2.38 bits per heavy atom. The standard InChI is InChI=1S/C14H25N3O3S/c1-2-3-7-18-9-11-20-12-10-19-8-6-17-5-4-16-14(17)13(15)21/h4-5H,2-3,6-12H2,1H3,(H2,15,21). The fraction of sp³-hybridized carbons (Fsp3) is 0.714.